The molecule has 0 saturated carbocycles. The van der Waals surface area contributed by atoms with E-state index in [4.69, 9.17) is 5.11 Å². The maximum Gasteiger partial charge on any atom is 0.306 e. The van der Waals surface area contributed by atoms with Crippen LogP contribution in [0, 0.1) is 0 Å². The van der Waals surface area contributed by atoms with Gasteiger partial charge < -0.3 is 9.84 Å². The topological polar surface area (TPSA) is 110 Å². The molecule has 0 unspecified atom stereocenters. The Labute approximate surface area is 93.8 Å². The van der Waals surface area contributed by atoms with Crippen molar-refractivity contribution in [2.45, 2.75) is 19.8 Å². The quantitative estimate of drug-likeness (QED) is 0.555. The third-order valence-corrected chi connectivity index (χ3v) is 2.93. The van der Waals surface area contributed by atoms with Gasteiger partial charge in [0.05, 0.1) is 25.2 Å². The number of carboxylic acid groups (broad SMARTS) is 1. The highest BCUT2D eigenvalue weighted by molar-refractivity contribution is 7.89. The normalized spacial score (nSPS) is 11.1. The fraction of sp³-hybridized carbons (Fsp3) is 0.750. The lowest BCUT2D eigenvalue weighted by molar-refractivity contribution is -0.142. The zero-order chi connectivity index (χ0) is 12.6. The van der Waals surface area contributed by atoms with Crippen LogP contribution in [0.4, 0.5) is 0 Å². The number of sulfonamides is 1. The number of hydrogen-bond acceptors (Lipinski definition) is 5. The Balaban J connectivity index is 3.87. The van der Waals surface area contributed by atoms with E-state index in [1.807, 2.05) is 0 Å². The first kappa shape index (κ1) is 14.8. The van der Waals surface area contributed by atoms with Crippen molar-refractivity contribution in [1.29, 1.82) is 0 Å². The summed E-state index contributed by atoms with van der Waals surface area (Å²) in [5.41, 5.74) is 0. The number of ether oxygens (including phenoxy) is 1. The summed E-state index contributed by atoms with van der Waals surface area (Å²) in [6, 6.07) is 0. The standard InChI is InChI=1S/C8H15NO6S/c1-2-15-8(12)4-6-16(13,14)9-5-3-7(10)11/h9H,2-6H2,1H3,(H,10,11). The van der Waals surface area contributed by atoms with E-state index >= 15 is 0 Å². The molecular formula is C8H15NO6S. The number of hydrogen-bond donors (Lipinski definition) is 2. The summed E-state index contributed by atoms with van der Waals surface area (Å²) in [4.78, 5) is 21.0. The highest BCUT2D eigenvalue weighted by atomic mass is 32.2. The van der Waals surface area contributed by atoms with Crippen LogP contribution in [-0.4, -0.2) is 44.4 Å². The van der Waals surface area contributed by atoms with Crippen molar-refractivity contribution in [3.8, 4) is 0 Å². The van der Waals surface area contributed by atoms with Gasteiger partial charge in [-0.15, -0.1) is 0 Å². The van der Waals surface area contributed by atoms with E-state index in [0.717, 1.165) is 0 Å². The molecule has 0 aromatic carbocycles. The van der Waals surface area contributed by atoms with Crippen molar-refractivity contribution in [3.05, 3.63) is 0 Å². The van der Waals surface area contributed by atoms with Gasteiger partial charge in [0, 0.05) is 6.54 Å². The van der Waals surface area contributed by atoms with Gasteiger partial charge >= 0.3 is 11.9 Å². The largest absolute Gasteiger partial charge is 0.481 e. The monoisotopic (exact) mass is 253 g/mol. The van der Waals surface area contributed by atoms with Crippen molar-refractivity contribution in [2.75, 3.05) is 18.9 Å². The number of aliphatic carboxylic acids is 1. The van der Waals surface area contributed by atoms with Crippen LogP contribution in [0.15, 0.2) is 0 Å². The van der Waals surface area contributed by atoms with E-state index in [0.29, 0.717) is 0 Å². The van der Waals surface area contributed by atoms with E-state index in [1.54, 1.807) is 6.92 Å². The maximum atomic E-state index is 11.2. The third-order valence-electron chi connectivity index (χ3n) is 1.54. The van der Waals surface area contributed by atoms with Crippen LogP contribution in [0.25, 0.3) is 0 Å². The minimum absolute atomic E-state index is 0.180. The molecule has 0 fully saturated rings. The molecule has 8 heteroatoms. The summed E-state index contributed by atoms with van der Waals surface area (Å²) in [7, 11) is -3.60. The van der Waals surface area contributed by atoms with Crippen LogP contribution < -0.4 is 4.72 Å². The molecule has 2 N–H and O–H groups in total. The summed E-state index contributed by atoms with van der Waals surface area (Å²) in [5.74, 6) is -2.08. The Hall–Kier alpha value is -1.15. The van der Waals surface area contributed by atoms with Gasteiger partial charge in [0.25, 0.3) is 0 Å². The minimum Gasteiger partial charge on any atom is -0.481 e. The summed E-state index contributed by atoms with van der Waals surface area (Å²) in [6.07, 6.45) is -0.533. The second kappa shape index (κ2) is 7.18. The molecule has 0 saturated heterocycles. The fourth-order valence-electron chi connectivity index (χ4n) is 0.836. The van der Waals surface area contributed by atoms with E-state index in [9.17, 15) is 18.0 Å². The van der Waals surface area contributed by atoms with Crippen molar-refractivity contribution in [3.63, 3.8) is 0 Å². The molecule has 0 spiro atoms. The Morgan fingerprint density at radius 1 is 1.31 bits per heavy atom. The predicted octanol–water partition coefficient (Wildman–Crippen LogP) is -0.666. The molecule has 0 amide bonds. The van der Waals surface area contributed by atoms with Gasteiger partial charge in [-0.05, 0) is 6.92 Å². The van der Waals surface area contributed by atoms with Gasteiger partial charge in [0.15, 0.2) is 0 Å². The molecule has 0 aliphatic carbocycles. The van der Waals surface area contributed by atoms with E-state index in [-0.39, 0.29) is 26.0 Å². The second-order valence-electron chi connectivity index (χ2n) is 2.91. The molecule has 16 heavy (non-hydrogen) atoms. The highest BCUT2D eigenvalue weighted by Crippen LogP contribution is 1.93. The van der Waals surface area contributed by atoms with E-state index in [2.05, 4.69) is 9.46 Å². The lowest BCUT2D eigenvalue weighted by Crippen LogP contribution is -2.29. The van der Waals surface area contributed by atoms with Crippen LogP contribution in [0.3, 0.4) is 0 Å². The number of carbonyl (C=O) groups excluding carboxylic acids is 1. The summed E-state index contributed by atoms with van der Waals surface area (Å²) in [6.45, 7) is 1.64. The summed E-state index contributed by atoms with van der Waals surface area (Å²) >= 11 is 0. The van der Waals surface area contributed by atoms with Gasteiger partial charge in [-0.2, -0.15) is 0 Å². The highest BCUT2D eigenvalue weighted by Gasteiger charge is 2.13. The Bertz CT molecular complexity index is 336. The lowest BCUT2D eigenvalue weighted by atomic mass is 10.5. The minimum atomic E-state index is -3.60. The van der Waals surface area contributed by atoms with Crippen LogP contribution >= 0.6 is 0 Å². The van der Waals surface area contributed by atoms with Crippen LogP contribution in [0.5, 0.6) is 0 Å². The number of carboxylic acids is 1. The molecule has 0 aliphatic rings. The molecule has 0 rings (SSSR count). The third kappa shape index (κ3) is 8.18. The van der Waals surface area contributed by atoms with Gasteiger partial charge in [-0.1, -0.05) is 0 Å². The molecular weight excluding hydrogens is 238 g/mol. The number of nitrogens with one attached hydrogen (secondary N) is 1. The van der Waals surface area contributed by atoms with Gasteiger partial charge in [0.1, 0.15) is 0 Å². The first-order valence-electron chi connectivity index (χ1n) is 4.72. The molecule has 0 aliphatic heterocycles. The molecule has 0 atom stereocenters. The molecule has 7 nitrogen and oxygen atoms in total. The zero-order valence-electron chi connectivity index (χ0n) is 8.93. The Morgan fingerprint density at radius 2 is 1.94 bits per heavy atom. The average molecular weight is 253 g/mol. The molecule has 94 valence electrons. The number of carbonyl (C=O) groups is 2. The van der Waals surface area contributed by atoms with Crippen LogP contribution in [0.1, 0.15) is 19.8 Å². The molecule has 0 aromatic rings. The van der Waals surface area contributed by atoms with Crippen molar-refractivity contribution in [2.24, 2.45) is 0 Å². The smallest absolute Gasteiger partial charge is 0.306 e. The SMILES string of the molecule is CCOC(=O)CCS(=O)(=O)NCCC(=O)O. The molecule has 0 heterocycles. The molecule has 0 bridgehead atoms. The first-order valence-corrected chi connectivity index (χ1v) is 6.37. The summed E-state index contributed by atoms with van der Waals surface area (Å²) in [5, 5.41) is 8.29. The van der Waals surface area contributed by atoms with Gasteiger partial charge in [-0.3, -0.25) is 9.59 Å². The number of rotatable bonds is 8. The zero-order valence-corrected chi connectivity index (χ0v) is 9.75. The maximum absolute atomic E-state index is 11.2. The average Bonchev–Trinajstić information content (AvgIpc) is 2.14. The van der Waals surface area contributed by atoms with Gasteiger partial charge in [-0.25, -0.2) is 13.1 Å². The summed E-state index contributed by atoms with van der Waals surface area (Å²) < 4.78 is 29.0. The Morgan fingerprint density at radius 3 is 2.44 bits per heavy atom. The Kier molecular flexibility index (Phi) is 6.66. The molecule has 0 aromatic heterocycles. The number of esters is 1. The second-order valence-corrected chi connectivity index (χ2v) is 4.84. The van der Waals surface area contributed by atoms with Crippen molar-refractivity contribution in [1.82, 2.24) is 4.72 Å². The van der Waals surface area contributed by atoms with E-state index in [1.165, 1.54) is 0 Å². The van der Waals surface area contributed by atoms with Crippen molar-refractivity contribution < 1.29 is 27.9 Å². The molecule has 0 radical (unpaired) electrons. The fourth-order valence-corrected chi connectivity index (χ4v) is 1.83. The first-order chi connectivity index (χ1) is 7.37. The lowest BCUT2D eigenvalue weighted by Gasteiger charge is -2.05. The van der Waals surface area contributed by atoms with E-state index < -0.39 is 27.7 Å². The van der Waals surface area contributed by atoms with Gasteiger partial charge in [0.2, 0.25) is 10.0 Å². The predicted molar refractivity (Wildman–Crippen MR) is 55.3 cm³/mol. The van der Waals surface area contributed by atoms with Crippen LogP contribution in [0.2, 0.25) is 0 Å². The van der Waals surface area contributed by atoms with Crippen LogP contribution in [-0.2, 0) is 24.3 Å². The van der Waals surface area contributed by atoms with Crippen molar-refractivity contribution >= 4 is 22.0 Å².